The Morgan fingerprint density at radius 1 is 0.808 bits per heavy atom. The Balaban J connectivity index is 1.40. The van der Waals surface area contributed by atoms with Gasteiger partial charge < -0.3 is 4.42 Å². The molecule has 1 aliphatic heterocycles. The Bertz CT molecular complexity index is 1050. The van der Waals surface area contributed by atoms with Crippen molar-refractivity contribution in [2.75, 3.05) is 6.54 Å². The fraction of sp³-hybridized carbons (Fsp3) is 0.167. The summed E-state index contributed by atoms with van der Waals surface area (Å²) in [5, 5.41) is 2.52. The summed E-state index contributed by atoms with van der Waals surface area (Å²) in [7, 11) is 0. The van der Waals surface area contributed by atoms with Gasteiger partial charge in [0.25, 0.3) is 0 Å². The highest BCUT2D eigenvalue weighted by Gasteiger charge is 2.21. The van der Waals surface area contributed by atoms with Gasteiger partial charge in [-0.15, -0.1) is 0 Å². The maximum atomic E-state index is 6.21. The zero-order valence-corrected chi connectivity index (χ0v) is 14.7. The Kier molecular flexibility index (Phi) is 3.84. The topological polar surface area (TPSA) is 16.4 Å². The van der Waals surface area contributed by atoms with Crippen LogP contribution in [0, 0.1) is 0 Å². The molecule has 0 spiro atoms. The molecule has 1 aliphatic rings. The van der Waals surface area contributed by atoms with Crippen LogP contribution in [0.25, 0.3) is 22.1 Å². The lowest BCUT2D eigenvalue weighted by Gasteiger charge is -2.25. The van der Waals surface area contributed by atoms with Gasteiger partial charge in [-0.25, -0.2) is 0 Å². The van der Waals surface area contributed by atoms with E-state index in [-0.39, 0.29) is 0 Å². The molecule has 5 rings (SSSR count). The van der Waals surface area contributed by atoms with Crippen molar-refractivity contribution in [3.8, 4) is 11.3 Å². The molecule has 26 heavy (non-hydrogen) atoms. The van der Waals surface area contributed by atoms with Crippen molar-refractivity contribution in [1.29, 1.82) is 0 Å². The summed E-state index contributed by atoms with van der Waals surface area (Å²) >= 11 is 0. The molecule has 0 saturated heterocycles. The fourth-order valence-electron chi connectivity index (χ4n) is 3.85. The Morgan fingerprint density at radius 3 is 2.50 bits per heavy atom. The van der Waals surface area contributed by atoms with Gasteiger partial charge in [-0.3, -0.25) is 4.90 Å². The second-order valence-corrected chi connectivity index (χ2v) is 7.07. The first-order valence-corrected chi connectivity index (χ1v) is 9.22. The smallest absolute Gasteiger partial charge is 0.134 e. The molecule has 2 nitrogen and oxygen atoms in total. The van der Waals surface area contributed by atoms with Gasteiger partial charge in [0.05, 0.1) is 0 Å². The van der Waals surface area contributed by atoms with Crippen LogP contribution in [0.1, 0.15) is 16.9 Å². The summed E-state index contributed by atoms with van der Waals surface area (Å²) in [4.78, 5) is 2.50. The van der Waals surface area contributed by atoms with E-state index in [0.29, 0.717) is 0 Å². The van der Waals surface area contributed by atoms with Crippen LogP contribution in [0.3, 0.4) is 0 Å². The Hall–Kier alpha value is -2.84. The quantitative estimate of drug-likeness (QED) is 0.479. The molecule has 0 aliphatic carbocycles. The SMILES string of the molecule is c1ccc(CN2CCc3oc(-c4ccc5ccccc5c4)cc3C2)cc1. The molecular formula is C24H21NO. The van der Waals surface area contributed by atoms with E-state index in [1.807, 2.05) is 0 Å². The van der Waals surface area contributed by atoms with E-state index in [1.165, 1.54) is 21.9 Å². The molecule has 2 heterocycles. The lowest BCUT2D eigenvalue weighted by atomic mass is 10.0. The van der Waals surface area contributed by atoms with Gasteiger partial charge in [0.1, 0.15) is 11.5 Å². The van der Waals surface area contributed by atoms with E-state index in [2.05, 4.69) is 83.8 Å². The minimum absolute atomic E-state index is 0.960. The zero-order chi connectivity index (χ0) is 17.3. The van der Waals surface area contributed by atoms with E-state index in [0.717, 1.165) is 43.1 Å². The largest absolute Gasteiger partial charge is 0.461 e. The summed E-state index contributed by atoms with van der Waals surface area (Å²) in [5.74, 6) is 2.14. The maximum absolute atomic E-state index is 6.21. The molecule has 0 N–H and O–H groups in total. The third-order valence-electron chi connectivity index (χ3n) is 5.23. The number of hydrogen-bond donors (Lipinski definition) is 0. The van der Waals surface area contributed by atoms with E-state index in [1.54, 1.807) is 0 Å². The van der Waals surface area contributed by atoms with Crippen molar-refractivity contribution in [3.63, 3.8) is 0 Å². The fourth-order valence-corrected chi connectivity index (χ4v) is 3.85. The third-order valence-corrected chi connectivity index (χ3v) is 5.23. The van der Waals surface area contributed by atoms with Gasteiger partial charge in [-0.2, -0.15) is 0 Å². The number of fused-ring (bicyclic) bond motifs is 2. The molecule has 0 unspecified atom stereocenters. The van der Waals surface area contributed by atoms with Crippen molar-refractivity contribution in [1.82, 2.24) is 4.90 Å². The van der Waals surface area contributed by atoms with Crippen LogP contribution in [-0.2, 0) is 19.5 Å². The van der Waals surface area contributed by atoms with Gasteiger partial charge in [-0.05, 0) is 28.5 Å². The second-order valence-electron chi connectivity index (χ2n) is 7.07. The van der Waals surface area contributed by atoms with E-state index < -0.39 is 0 Å². The minimum Gasteiger partial charge on any atom is -0.461 e. The van der Waals surface area contributed by atoms with Gasteiger partial charge in [0, 0.05) is 37.2 Å². The molecule has 0 amide bonds. The zero-order valence-electron chi connectivity index (χ0n) is 14.7. The lowest BCUT2D eigenvalue weighted by molar-refractivity contribution is 0.234. The highest BCUT2D eigenvalue weighted by Crippen LogP contribution is 2.31. The van der Waals surface area contributed by atoms with Crippen molar-refractivity contribution in [2.45, 2.75) is 19.5 Å². The maximum Gasteiger partial charge on any atom is 0.134 e. The number of nitrogens with zero attached hydrogens (tertiary/aromatic N) is 1. The number of benzene rings is 3. The molecule has 128 valence electrons. The van der Waals surface area contributed by atoms with Crippen LogP contribution in [0.15, 0.2) is 83.3 Å². The van der Waals surface area contributed by atoms with Crippen molar-refractivity contribution in [2.24, 2.45) is 0 Å². The predicted octanol–water partition coefficient (Wildman–Crippen LogP) is 5.66. The van der Waals surface area contributed by atoms with Crippen molar-refractivity contribution in [3.05, 3.63) is 95.7 Å². The van der Waals surface area contributed by atoms with Gasteiger partial charge in [0.2, 0.25) is 0 Å². The molecule has 3 aromatic carbocycles. The van der Waals surface area contributed by atoms with E-state index in [9.17, 15) is 0 Å². The van der Waals surface area contributed by atoms with E-state index >= 15 is 0 Å². The van der Waals surface area contributed by atoms with Crippen molar-refractivity contribution < 1.29 is 4.42 Å². The second kappa shape index (κ2) is 6.47. The van der Waals surface area contributed by atoms with Crippen LogP contribution in [-0.4, -0.2) is 11.4 Å². The van der Waals surface area contributed by atoms with Crippen LogP contribution >= 0.6 is 0 Å². The minimum atomic E-state index is 0.960. The first-order valence-electron chi connectivity index (χ1n) is 9.22. The van der Waals surface area contributed by atoms with Crippen LogP contribution in [0.4, 0.5) is 0 Å². The van der Waals surface area contributed by atoms with Crippen LogP contribution < -0.4 is 0 Å². The first-order chi connectivity index (χ1) is 12.8. The summed E-state index contributed by atoms with van der Waals surface area (Å²) in [5.41, 5.74) is 3.86. The Labute approximate surface area is 153 Å². The number of furan rings is 1. The van der Waals surface area contributed by atoms with Crippen molar-refractivity contribution >= 4 is 10.8 Å². The molecule has 2 heteroatoms. The highest BCUT2D eigenvalue weighted by molar-refractivity contribution is 5.86. The lowest BCUT2D eigenvalue weighted by Crippen LogP contribution is -2.29. The summed E-state index contributed by atoms with van der Waals surface area (Å²) in [6.07, 6.45) is 0.982. The average molecular weight is 339 g/mol. The monoisotopic (exact) mass is 339 g/mol. The van der Waals surface area contributed by atoms with Crippen LogP contribution in [0.2, 0.25) is 0 Å². The molecule has 0 fully saturated rings. The highest BCUT2D eigenvalue weighted by atomic mass is 16.3. The summed E-state index contributed by atoms with van der Waals surface area (Å²) in [6, 6.07) is 28.0. The van der Waals surface area contributed by atoms with Gasteiger partial charge in [0.15, 0.2) is 0 Å². The molecular weight excluding hydrogens is 318 g/mol. The normalized spacial score (nSPS) is 14.5. The molecule has 1 aromatic heterocycles. The number of hydrogen-bond acceptors (Lipinski definition) is 2. The molecule has 0 saturated carbocycles. The molecule has 0 atom stereocenters. The van der Waals surface area contributed by atoms with Crippen LogP contribution in [0.5, 0.6) is 0 Å². The van der Waals surface area contributed by atoms with E-state index in [4.69, 9.17) is 4.42 Å². The predicted molar refractivity (Wildman–Crippen MR) is 106 cm³/mol. The molecule has 0 radical (unpaired) electrons. The summed E-state index contributed by atoms with van der Waals surface area (Å²) in [6.45, 7) is 3.00. The van der Waals surface area contributed by atoms with Gasteiger partial charge in [-0.1, -0.05) is 66.7 Å². The average Bonchev–Trinajstić information content (AvgIpc) is 3.12. The Morgan fingerprint density at radius 2 is 1.62 bits per heavy atom. The first kappa shape index (κ1) is 15.4. The third kappa shape index (κ3) is 2.93. The molecule has 4 aromatic rings. The number of rotatable bonds is 3. The van der Waals surface area contributed by atoms with Gasteiger partial charge >= 0.3 is 0 Å². The standard InChI is InChI=1S/C24H21NO/c1-2-6-18(7-3-1)16-25-13-12-23-22(17-25)15-24(26-23)21-11-10-19-8-4-5-9-20(19)14-21/h1-11,14-15H,12-13,16-17H2. The molecule has 0 bridgehead atoms. The summed E-state index contributed by atoms with van der Waals surface area (Å²) < 4.78 is 6.21.